The van der Waals surface area contributed by atoms with Crippen LogP contribution in [0.3, 0.4) is 0 Å². The van der Waals surface area contributed by atoms with Gasteiger partial charge in [-0.05, 0) is 19.3 Å². The van der Waals surface area contributed by atoms with Crippen LogP contribution in [0.5, 0.6) is 0 Å². The van der Waals surface area contributed by atoms with E-state index in [1.54, 1.807) is 0 Å². The molecule has 0 aromatic carbocycles. The van der Waals surface area contributed by atoms with Gasteiger partial charge >= 0.3 is 0 Å². The molecule has 1 saturated carbocycles. The Hall–Kier alpha value is -0.990. The first-order valence-electron chi connectivity index (χ1n) is 5.65. The first-order chi connectivity index (χ1) is 6.81. The molecule has 1 aliphatic rings. The molecule has 3 heteroatoms. The molecule has 0 unspecified atom stereocenters. The molecule has 0 saturated heterocycles. The van der Waals surface area contributed by atoms with E-state index in [4.69, 9.17) is 5.73 Å². The van der Waals surface area contributed by atoms with Crippen molar-refractivity contribution >= 4 is 5.95 Å². The second-order valence-corrected chi connectivity index (χ2v) is 4.17. The van der Waals surface area contributed by atoms with E-state index in [2.05, 4.69) is 16.9 Å². The number of rotatable bonds is 2. The number of hydrogen-bond donors (Lipinski definition) is 2. The quantitative estimate of drug-likeness (QED) is 0.758. The van der Waals surface area contributed by atoms with Crippen LogP contribution in [0.4, 0.5) is 5.95 Å². The maximum Gasteiger partial charge on any atom is 0.197 e. The van der Waals surface area contributed by atoms with Crippen LogP contribution in [0, 0.1) is 0 Å². The summed E-state index contributed by atoms with van der Waals surface area (Å²) in [5, 5.41) is 0. The second kappa shape index (κ2) is 4.03. The molecule has 1 fully saturated rings. The van der Waals surface area contributed by atoms with Crippen LogP contribution in [0.15, 0.2) is 0 Å². The molecule has 1 aliphatic carbocycles. The molecule has 78 valence electrons. The number of anilines is 1. The Bertz CT molecular complexity index is 297. The van der Waals surface area contributed by atoms with E-state index in [1.165, 1.54) is 43.5 Å². The average Bonchev–Trinajstić information content (AvgIpc) is 2.61. The van der Waals surface area contributed by atoms with Gasteiger partial charge in [0.05, 0.1) is 5.69 Å². The Labute approximate surface area is 85.1 Å². The SMILES string of the molecule is CCc1[nH]c(N)nc1C1CCCCC1. The highest BCUT2D eigenvalue weighted by molar-refractivity contribution is 5.28. The molecule has 2 rings (SSSR count). The van der Waals surface area contributed by atoms with Gasteiger partial charge in [-0.2, -0.15) is 0 Å². The minimum atomic E-state index is 0.586. The standard InChI is InChI=1S/C11H19N3/c1-2-9-10(14-11(12)13-9)8-6-4-3-5-7-8/h8H,2-7H2,1H3,(H3,12,13,14). The summed E-state index contributed by atoms with van der Waals surface area (Å²) in [4.78, 5) is 7.59. The van der Waals surface area contributed by atoms with Gasteiger partial charge in [0.2, 0.25) is 0 Å². The molecule has 1 heterocycles. The minimum absolute atomic E-state index is 0.586. The Morgan fingerprint density at radius 2 is 2.07 bits per heavy atom. The number of nitrogen functional groups attached to an aromatic ring is 1. The van der Waals surface area contributed by atoms with Gasteiger partial charge in [-0.25, -0.2) is 4.98 Å². The van der Waals surface area contributed by atoms with Gasteiger partial charge in [-0.15, -0.1) is 0 Å². The van der Waals surface area contributed by atoms with Crippen LogP contribution in [0.1, 0.15) is 56.3 Å². The summed E-state index contributed by atoms with van der Waals surface area (Å²) in [5.74, 6) is 1.25. The molecule has 14 heavy (non-hydrogen) atoms. The molecule has 0 spiro atoms. The van der Waals surface area contributed by atoms with Gasteiger partial charge in [0.15, 0.2) is 5.95 Å². The predicted octanol–water partition coefficient (Wildman–Crippen LogP) is 2.60. The Balaban J connectivity index is 2.20. The van der Waals surface area contributed by atoms with E-state index in [-0.39, 0.29) is 0 Å². The number of hydrogen-bond acceptors (Lipinski definition) is 2. The van der Waals surface area contributed by atoms with Crippen molar-refractivity contribution in [1.82, 2.24) is 9.97 Å². The highest BCUT2D eigenvalue weighted by atomic mass is 15.0. The van der Waals surface area contributed by atoms with Gasteiger partial charge in [0.1, 0.15) is 0 Å². The lowest BCUT2D eigenvalue weighted by atomic mass is 9.86. The highest BCUT2D eigenvalue weighted by Gasteiger charge is 2.20. The lowest BCUT2D eigenvalue weighted by molar-refractivity contribution is 0.435. The molecular formula is C11H19N3. The van der Waals surface area contributed by atoms with Crippen molar-refractivity contribution in [3.63, 3.8) is 0 Å². The van der Waals surface area contributed by atoms with E-state index in [0.717, 1.165) is 6.42 Å². The molecule has 1 aromatic rings. The first kappa shape index (κ1) is 9.56. The topological polar surface area (TPSA) is 54.7 Å². The second-order valence-electron chi connectivity index (χ2n) is 4.17. The predicted molar refractivity (Wildman–Crippen MR) is 58.2 cm³/mol. The molecular weight excluding hydrogens is 174 g/mol. The third-order valence-electron chi connectivity index (χ3n) is 3.17. The number of aromatic amines is 1. The van der Waals surface area contributed by atoms with Crippen molar-refractivity contribution in [3.05, 3.63) is 11.4 Å². The zero-order valence-electron chi connectivity index (χ0n) is 8.84. The number of aromatic nitrogens is 2. The van der Waals surface area contributed by atoms with Crippen LogP contribution >= 0.6 is 0 Å². The number of nitrogens with one attached hydrogen (secondary N) is 1. The smallest absolute Gasteiger partial charge is 0.197 e. The number of H-pyrrole nitrogens is 1. The molecule has 3 N–H and O–H groups in total. The molecule has 1 aromatic heterocycles. The van der Waals surface area contributed by atoms with Crippen molar-refractivity contribution in [2.24, 2.45) is 0 Å². The van der Waals surface area contributed by atoms with Crippen LogP contribution in [0.2, 0.25) is 0 Å². The summed E-state index contributed by atoms with van der Waals surface area (Å²) in [6.45, 7) is 2.15. The highest BCUT2D eigenvalue weighted by Crippen LogP contribution is 2.33. The largest absolute Gasteiger partial charge is 0.369 e. The van der Waals surface area contributed by atoms with Gasteiger partial charge in [-0.1, -0.05) is 26.2 Å². The fourth-order valence-corrected chi connectivity index (χ4v) is 2.43. The van der Waals surface area contributed by atoms with Crippen LogP contribution < -0.4 is 5.73 Å². The third-order valence-corrected chi connectivity index (χ3v) is 3.17. The fourth-order valence-electron chi connectivity index (χ4n) is 2.43. The number of nitrogens with zero attached hydrogens (tertiary/aromatic N) is 1. The van der Waals surface area contributed by atoms with E-state index in [1.807, 2.05) is 0 Å². The van der Waals surface area contributed by atoms with Crippen molar-refractivity contribution in [2.45, 2.75) is 51.4 Å². The summed E-state index contributed by atoms with van der Waals surface area (Å²) in [6.07, 6.45) is 7.67. The summed E-state index contributed by atoms with van der Waals surface area (Å²) < 4.78 is 0. The first-order valence-corrected chi connectivity index (χ1v) is 5.65. The molecule has 0 atom stereocenters. The van der Waals surface area contributed by atoms with Gasteiger partial charge in [0, 0.05) is 11.6 Å². The van der Waals surface area contributed by atoms with Crippen molar-refractivity contribution < 1.29 is 0 Å². The normalized spacial score (nSPS) is 18.6. The van der Waals surface area contributed by atoms with E-state index < -0.39 is 0 Å². The number of nitrogens with two attached hydrogens (primary N) is 1. The lowest BCUT2D eigenvalue weighted by Gasteiger charge is -2.20. The van der Waals surface area contributed by atoms with Gasteiger partial charge in [0.25, 0.3) is 0 Å². The van der Waals surface area contributed by atoms with Crippen LogP contribution in [-0.4, -0.2) is 9.97 Å². The summed E-state index contributed by atoms with van der Waals surface area (Å²) in [7, 11) is 0. The van der Waals surface area contributed by atoms with Gasteiger partial charge < -0.3 is 10.7 Å². The molecule has 0 radical (unpaired) electrons. The Morgan fingerprint density at radius 1 is 1.36 bits per heavy atom. The van der Waals surface area contributed by atoms with E-state index >= 15 is 0 Å². The third kappa shape index (κ3) is 1.76. The summed E-state index contributed by atoms with van der Waals surface area (Å²) in [5.41, 5.74) is 8.18. The molecule has 0 amide bonds. The van der Waals surface area contributed by atoms with Crippen LogP contribution in [0.25, 0.3) is 0 Å². The van der Waals surface area contributed by atoms with Crippen molar-refractivity contribution in [1.29, 1.82) is 0 Å². The molecule has 3 nitrogen and oxygen atoms in total. The monoisotopic (exact) mass is 193 g/mol. The fraction of sp³-hybridized carbons (Fsp3) is 0.727. The maximum atomic E-state index is 5.69. The van der Waals surface area contributed by atoms with Crippen molar-refractivity contribution in [3.8, 4) is 0 Å². The van der Waals surface area contributed by atoms with E-state index in [9.17, 15) is 0 Å². The maximum absolute atomic E-state index is 5.69. The van der Waals surface area contributed by atoms with Gasteiger partial charge in [-0.3, -0.25) is 0 Å². The Kier molecular flexibility index (Phi) is 2.75. The summed E-state index contributed by atoms with van der Waals surface area (Å²) >= 11 is 0. The van der Waals surface area contributed by atoms with Crippen molar-refractivity contribution in [2.75, 3.05) is 5.73 Å². The Morgan fingerprint density at radius 3 is 2.71 bits per heavy atom. The average molecular weight is 193 g/mol. The van der Waals surface area contributed by atoms with E-state index in [0.29, 0.717) is 11.9 Å². The zero-order chi connectivity index (χ0) is 9.97. The lowest BCUT2D eigenvalue weighted by Crippen LogP contribution is -2.07. The number of aryl methyl sites for hydroxylation is 1. The molecule has 0 bridgehead atoms. The minimum Gasteiger partial charge on any atom is -0.369 e. The number of imidazole rings is 1. The molecule has 0 aliphatic heterocycles. The zero-order valence-corrected chi connectivity index (χ0v) is 8.84. The summed E-state index contributed by atoms with van der Waals surface area (Å²) in [6, 6.07) is 0. The van der Waals surface area contributed by atoms with Crippen LogP contribution in [-0.2, 0) is 6.42 Å².